The van der Waals surface area contributed by atoms with Crippen molar-refractivity contribution in [2.24, 2.45) is 0 Å². The molecule has 3 rings (SSSR count). The summed E-state index contributed by atoms with van der Waals surface area (Å²) in [6.45, 7) is 5.05. The van der Waals surface area contributed by atoms with Gasteiger partial charge in [-0.1, -0.05) is 54.1 Å². The number of anilines is 1. The van der Waals surface area contributed by atoms with Crippen LogP contribution in [0.25, 0.3) is 0 Å². The highest BCUT2D eigenvalue weighted by atomic mass is 35.5. The van der Waals surface area contributed by atoms with Crippen LogP contribution in [0.4, 0.5) is 5.69 Å². The molecule has 0 aromatic heterocycles. The molecule has 11 heteroatoms. The topological polar surface area (TPSA) is 105 Å². The first-order valence-corrected chi connectivity index (χ1v) is 15.5. The Bertz CT molecular complexity index is 1470. The van der Waals surface area contributed by atoms with Gasteiger partial charge in [-0.05, 0) is 56.2 Å². The van der Waals surface area contributed by atoms with Crippen LogP contribution in [-0.2, 0) is 32.6 Å². The molecule has 2 amide bonds. The molecule has 9 nitrogen and oxygen atoms in total. The molecule has 3 aromatic carbocycles. The number of benzene rings is 3. The second kappa shape index (κ2) is 13.9. The number of sulfonamides is 1. The number of halogens is 1. The zero-order chi connectivity index (χ0) is 31.1. The van der Waals surface area contributed by atoms with E-state index in [1.165, 1.54) is 25.2 Å². The van der Waals surface area contributed by atoms with Crippen molar-refractivity contribution < 1.29 is 27.5 Å². The maximum atomic E-state index is 14.2. The number of nitrogens with one attached hydrogen (secondary N) is 1. The Morgan fingerprint density at radius 1 is 0.929 bits per heavy atom. The first-order chi connectivity index (χ1) is 19.7. The van der Waals surface area contributed by atoms with E-state index in [0.29, 0.717) is 10.8 Å². The highest BCUT2D eigenvalue weighted by Crippen LogP contribution is 2.34. The number of carbonyl (C=O) groups is 2. The molecule has 0 bridgehead atoms. The molecule has 0 saturated heterocycles. The number of hydrogen-bond donors (Lipinski definition) is 1. The van der Waals surface area contributed by atoms with E-state index < -0.39 is 34.1 Å². The highest BCUT2D eigenvalue weighted by Gasteiger charge is 2.35. The zero-order valence-electron chi connectivity index (χ0n) is 24.8. The van der Waals surface area contributed by atoms with Crippen molar-refractivity contribution in [3.05, 3.63) is 88.9 Å². The maximum absolute atomic E-state index is 14.2. The Labute approximate surface area is 253 Å². The van der Waals surface area contributed by atoms with E-state index in [2.05, 4.69) is 5.32 Å². The molecule has 3 aromatic rings. The molecule has 1 atom stereocenters. The van der Waals surface area contributed by atoms with Crippen molar-refractivity contribution in [3.8, 4) is 11.5 Å². The van der Waals surface area contributed by atoms with Gasteiger partial charge in [-0.15, -0.1) is 0 Å². The van der Waals surface area contributed by atoms with E-state index in [-0.39, 0.29) is 30.3 Å². The number of carbonyl (C=O) groups excluding carboxylic acids is 2. The van der Waals surface area contributed by atoms with Crippen LogP contribution in [0, 0.1) is 0 Å². The fourth-order valence-corrected chi connectivity index (χ4v) is 5.36. The Morgan fingerprint density at radius 2 is 1.57 bits per heavy atom. The van der Waals surface area contributed by atoms with Crippen molar-refractivity contribution in [1.82, 2.24) is 10.2 Å². The van der Waals surface area contributed by atoms with Gasteiger partial charge >= 0.3 is 0 Å². The number of amides is 2. The van der Waals surface area contributed by atoms with Crippen molar-refractivity contribution in [2.45, 2.75) is 45.3 Å². The van der Waals surface area contributed by atoms with Crippen molar-refractivity contribution in [3.63, 3.8) is 0 Å². The largest absolute Gasteiger partial charge is 0.497 e. The van der Waals surface area contributed by atoms with Crippen molar-refractivity contribution in [2.75, 3.05) is 31.3 Å². The van der Waals surface area contributed by atoms with E-state index in [0.717, 1.165) is 21.7 Å². The Morgan fingerprint density at radius 3 is 2.12 bits per heavy atom. The van der Waals surface area contributed by atoms with Gasteiger partial charge in [-0.25, -0.2) is 8.42 Å². The normalized spacial score (nSPS) is 12.3. The molecule has 0 unspecified atom stereocenters. The summed E-state index contributed by atoms with van der Waals surface area (Å²) in [5.41, 5.74) is 1.16. The number of hydrogen-bond acceptors (Lipinski definition) is 6. The second-order valence-electron chi connectivity index (χ2n) is 10.9. The SMILES string of the molecule is COc1ccc(N(CC(=O)N(Cc2ccc(Cl)cc2)[C@@H](Cc2ccccc2)C(=O)NC(C)(C)C)S(C)(=O)=O)c(OC)c1. The van der Waals surface area contributed by atoms with Gasteiger partial charge in [0.1, 0.15) is 24.1 Å². The van der Waals surface area contributed by atoms with Crippen LogP contribution < -0.4 is 19.1 Å². The van der Waals surface area contributed by atoms with E-state index >= 15 is 0 Å². The zero-order valence-corrected chi connectivity index (χ0v) is 26.3. The Kier molecular flexibility index (Phi) is 10.9. The van der Waals surface area contributed by atoms with Gasteiger partial charge in [0, 0.05) is 29.6 Å². The number of nitrogens with zero attached hydrogens (tertiary/aromatic N) is 2. The number of rotatable bonds is 12. The van der Waals surface area contributed by atoms with E-state index in [9.17, 15) is 18.0 Å². The van der Waals surface area contributed by atoms with Crippen LogP contribution >= 0.6 is 11.6 Å². The molecule has 1 N–H and O–H groups in total. The fourth-order valence-electron chi connectivity index (χ4n) is 4.38. The predicted molar refractivity (Wildman–Crippen MR) is 166 cm³/mol. The summed E-state index contributed by atoms with van der Waals surface area (Å²) < 4.78 is 37.8. The smallest absolute Gasteiger partial charge is 0.244 e. The van der Waals surface area contributed by atoms with E-state index in [1.54, 1.807) is 36.4 Å². The van der Waals surface area contributed by atoms with Gasteiger partial charge in [0.15, 0.2) is 0 Å². The van der Waals surface area contributed by atoms with Crippen molar-refractivity contribution in [1.29, 1.82) is 0 Å². The highest BCUT2D eigenvalue weighted by molar-refractivity contribution is 7.92. The van der Waals surface area contributed by atoms with E-state index in [4.69, 9.17) is 21.1 Å². The monoisotopic (exact) mass is 615 g/mol. The van der Waals surface area contributed by atoms with E-state index in [1.807, 2.05) is 51.1 Å². The minimum atomic E-state index is -3.96. The summed E-state index contributed by atoms with van der Waals surface area (Å²) in [5.74, 6) is -0.260. The number of methoxy groups -OCH3 is 2. The molecule has 226 valence electrons. The lowest BCUT2D eigenvalue weighted by Gasteiger charge is -2.35. The molecule has 0 heterocycles. The minimum Gasteiger partial charge on any atom is -0.497 e. The first kappa shape index (κ1) is 32.8. The summed E-state index contributed by atoms with van der Waals surface area (Å²) >= 11 is 6.10. The van der Waals surface area contributed by atoms with Crippen LogP contribution in [-0.4, -0.2) is 63.7 Å². The first-order valence-electron chi connectivity index (χ1n) is 13.3. The molecule has 0 spiro atoms. The van der Waals surface area contributed by atoms with Crippen LogP contribution in [0.5, 0.6) is 11.5 Å². The van der Waals surface area contributed by atoms with Crippen LogP contribution in [0.2, 0.25) is 5.02 Å². The lowest BCUT2D eigenvalue weighted by Crippen LogP contribution is -2.56. The molecular weight excluding hydrogens is 578 g/mol. The average molecular weight is 616 g/mol. The average Bonchev–Trinajstić information content (AvgIpc) is 2.93. The van der Waals surface area contributed by atoms with Gasteiger partial charge in [-0.2, -0.15) is 0 Å². The summed E-state index contributed by atoms with van der Waals surface area (Å²) in [6, 6.07) is 20.0. The third-order valence-corrected chi connectivity index (χ3v) is 7.75. The summed E-state index contributed by atoms with van der Waals surface area (Å²) in [6.07, 6.45) is 1.23. The molecule has 0 aliphatic heterocycles. The van der Waals surface area contributed by atoms with Gasteiger partial charge in [0.2, 0.25) is 21.8 Å². The summed E-state index contributed by atoms with van der Waals surface area (Å²) in [7, 11) is -1.08. The van der Waals surface area contributed by atoms with Gasteiger partial charge in [0.05, 0.1) is 26.2 Å². The quantitative estimate of drug-likeness (QED) is 0.317. The molecule has 0 aliphatic carbocycles. The lowest BCUT2D eigenvalue weighted by molar-refractivity contribution is -0.140. The second-order valence-corrected chi connectivity index (χ2v) is 13.2. The van der Waals surface area contributed by atoms with Crippen LogP contribution in [0.15, 0.2) is 72.8 Å². The molecule has 42 heavy (non-hydrogen) atoms. The molecular formula is C31H38ClN3O6S. The number of ether oxygens (including phenoxy) is 2. The van der Waals surface area contributed by atoms with Gasteiger partial charge in [-0.3, -0.25) is 13.9 Å². The van der Waals surface area contributed by atoms with Gasteiger partial charge < -0.3 is 19.7 Å². The third kappa shape index (κ3) is 9.12. The molecule has 0 radical (unpaired) electrons. The lowest BCUT2D eigenvalue weighted by atomic mass is 10.0. The Balaban J connectivity index is 2.10. The minimum absolute atomic E-state index is 0.0441. The Hall–Kier alpha value is -3.76. The van der Waals surface area contributed by atoms with Crippen LogP contribution in [0.3, 0.4) is 0 Å². The van der Waals surface area contributed by atoms with Gasteiger partial charge in [0.25, 0.3) is 0 Å². The van der Waals surface area contributed by atoms with Crippen LogP contribution in [0.1, 0.15) is 31.9 Å². The third-order valence-electron chi connectivity index (χ3n) is 6.37. The molecule has 0 saturated carbocycles. The molecule has 0 fully saturated rings. The predicted octanol–water partition coefficient (Wildman–Crippen LogP) is 4.68. The fraction of sp³-hybridized carbons (Fsp3) is 0.355. The molecule has 0 aliphatic rings. The summed E-state index contributed by atoms with van der Waals surface area (Å²) in [4.78, 5) is 29.4. The maximum Gasteiger partial charge on any atom is 0.244 e. The summed E-state index contributed by atoms with van der Waals surface area (Å²) in [5, 5.41) is 3.52. The van der Waals surface area contributed by atoms with Crippen molar-refractivity contribution >= 4 is 39.1 Å². The standard InChI is InChI=1S/C31H38ClN3O6S/c1-31(2,3)33-30(37)27(18-22-10-8-7-9-11-22)34(20-23-12-14-24(32)15-13-23)29(36)21-35(42(6,38)39)26-17-16-25(40-4)19-28(26)41-5/h7-17,19,27H,18,20-21H2,1-6H3,(H,33,37)/t27-/m0/s1.